The van der Waals surface area contributed by atoms with Crippen LogP contribution in [0.4, 0.5) is 0 Å². The smallest absolute Gasteiger partial charge is 0.0665 e. The van der Waals surface area contributed by atoms with E-state index in [2.05, 4.69) is 0 Å². The van der Waals surface area contributed by atoms with Crippen LogP contribution < -0.4 is 5.73 Å². The van der Waals surface area contributed by atoms with Crippen molar-refractivity contribution in [1.29, 1.82) is 0 Å². The van der Waals surface area contributed by atoms with Crippen molar-refractivity contribution >= 4 is 12.4 Å². The average molecular weight is 150 g/mol. The van der Waals surface area contributed by atoms with Crippen LogP contribution in [0.1, 0.15) is 19.3 Å². The quantitative estimate of drug-likeness (QED) is 0.563. The average Bonchev–Trinajstić information content (AvgIpc) is 1.55. The van der Waals surface area contributed by atoms with Gasteiger partial charge in [-0.25, -0.2) is 0 Å². The number of aliphatic hydroxyl groups is 1. The number of nitrogens with two attached hydrogens (primary N) is 1. The monoisotopic (exact) mass is 149 g/mol. The summed E-state index contributed by atoms with van der Waals surface area (Å²) in [5.74, 6) is 0. The number of halogens is 1. The first-order valence-electron chi connectivity index (χ1n) is 3.11. The van der Waals surface area contributed by atoms with Crippen LogP contribution >= 0.6 is 12.4 Å². The fourth-order valence-corrected chi connectivity index (χ4v) is 2.16. The molecule has 0 radical (unpaired) electrons. The van der Waals surface area contributed by atoms with Crippen LogP contribution in [0, 0.1) is 5.41 Å². The van der Waals surface area contributed by atoms with Gasteiger partial charge in [0, 0.05) is 0 Å². The van der Waals surface area contributed by atoms with E-state index < -0.39 is 0 Å². The Labute approximate surface area is 60.8 Å². The normalized spacial score (nSPS) is 52.7. The van der Waals surface area contributed by atoms with Gasteiger partial charge in [0.15, 0.2) is 0 Å². The maximum absolute atomic E-state index is 9.22. The molecule has 54 valence electrons. The molecular formula is C6H12ClNO. The zero-order chi connectivity index (χ0) is 5.83. The summed E-state index contributed by atoms with van der Waals surface area (Å²) in [6, 6.07) is 0. The molecule has 0 aromatic heterocycles. The second-order valence-electron chi connectivity index (χ2n) is 3.46. The number of rotatable bonds is 1. The Morgan fingerprint density at radius 1 is 1.33 bits per heavy atom. The van der Waals surface area contributed by atoms with Gasteiger partial charge in [-0.15, -0.1) is 12.4 Å². The second kappa shape index (κ2) is 1.62. The van der Waals surface area contributed by atoms with E-state index in [1.54, 1.807) is 0 Å². The van der Waals surface area contributed by atoms with E-state index in [-0.39, 0.29) is 18.0 Å². The van der Waals surface area contributed by atoms with Gasteiger partial charge in [-0.1, -0.05) is 0 Å². The molecule has 3 aliphatic rings. The van der Waals surface area contributed by atoms with Gasteiger partial charge < -0.3 is 10.8 Å². The molecule has 0 spiro atoms. The lowest BCUT2D eigenvalue weighted by Gasteiger charge is -2.67. The molecule has 3 rings (SSSR count). The van der Waals surface area contributed by atoms with Gasteiger partial charge in [-0.05, 0) is 31.2 Å². The molecule has 0 saturated heterocycles. The zero-order valence-electron chi connectivity index (χ0n) is 5.26. The van der Waals surface area contributed by atoms with E-state index >= 15 is 0 Å². The fraction of sp³-hybridized carbons (Fsp3) is 1.00. The summed E-state index contributed by atoms with van der Waals surface area (Å²) < 4.78 is 0. The second-order valence-corrected chi connectivity index (χ2v) is 3.46. The first kappa shape index (κ1) is 7.32. The third-order valence-electron chi connectivity index (χ3n) is 2.55. The van der Waals surface area contributed by atoms with Gasteiger partial charge in [0.2, 0.25) is 0 Å². The van der Waals surface area contributed by atoms with Crippen LogP contribution in [0.5, 0.6) is 0 Å². The van der Waals surface area contributed by atoms with E-state index in [4.69, 9.17) is 5.73 Å². The molecule has 3 saturated carbocycles. The third-order valence-corrected chi connectivity index (χ3v) is 2.55. The summed E-state index contributed by atoms with van der Waals surface area (Å²) in [4.78, 5) is 0. The molecule has 3 aliphatic carbocycles. The standard InChI is InChI=1S/C6H11NO.ClH/c7-4-5-1-6(8,2-5)3-5;/h8H,1-4,7H2;1H. The lowest BCUT2D eigenvalue weighted by atomic mass is 9.41. The van der Waals surface area contributed by atoms with Crippen molar-refractivity contribution in [3.8, 4) is 0 Å². The Hall–Kier alpha value is 0.210. The van der Waals surface area contributed by atoms with Crippen LogP contribution in [-0.4, -0.2) is 17.3 Å². The highest BCUT2D eigenvalue weighted by Gasteiger charge is 2.66. The predicted octanol–water partition coefficient (Wildman–Crippen LogP) is 0.282. The molecule has 0 heterocycles. The van der Waals surface area contributed by atoms with Gasteiger partial charge in [0.25, 0.3) is 0 Å². The highest BCUT2D eigenvalue weighted by molar-refractivity contribution is 5.85. The van der Waals surface area contributed by atoms with Crippen molar-refractivity contribution in [2.45, 2.75) is 24.9 Å². The molecule has 9 heavy (non-hydrogen) atoms. The fourth-order valence-electron chi connectivity index (χ4n) is 2.16. The number of hydrogen-bond donors (Lipinski definition) is 2. The van der Waals surface area contributed by atoms with E-state index in [0.717, 1.165) is 25.8 Å². The SMILES string of the molecule is Cl.NCC12CC(O)(C1)C2. The molecule has 0 amide bonds. The Kier molecular flexibility index (Phi) is 1.32. The van der Waals surface area contributed by atoms with Gasteiger partial charge in [0.05, 0.1) is 5.60 Å². The van der Waals surface area contributed by atoms with E-state index in [1.807, 2.05) is 0 Å². The summed E-state index contributed by atoms with van der Waals surface area (Å²) in [5, 5.41) is 9.22. The number of hydrogen-bond acceptors (Lipinski definition) is 2. The first-order chi connectivity index (χ1) is 3.68. The molecule has 3 heteroatoms. The molecule has 0 unspecified atom stereocenters. The molecule has 0 atom stereocenters. The minimum atomic E-state index is -0.251. The molecule has 0 aromatic carbocycles. The van der Waals surface area contributed by atoms with E-state index in [9.17, 15) is 5.11 Å². The van der Waals surface area contributed by atoms with E-state index in [1.165, 1.54) is 0 Å². The first-order valence-corrected chi connectivity index (χ1v) is 3.11. The van der Waals surface area contributed by atoms with Crippen LogP contribution in [0.25, 0.3) is 0 Å². The highest BCUT2D eigenvalue weighted by Crippen LogP contribution is 2.66. The van der Waals surface area contributed by atoms with Crippen molar-refractivity contribution < 1.29 is 5.11 Å². The topological polar surface area (TPSA) is 46.2 Å². The summed E-state index contributed by atoms with van der Waals surface area (Å²) in [7, 11) is 0. The third kappa shape index (κ3) is 0.704. The predicted molar refractivity (Wildman–Crippen MR) is 37.5 cm³/mol. The largest absolute Gasteiger partial charge is 0.390 e. The zero-order valence-corrected chi connectivity index (χ0v) is 6.08. The molecule has 2 bridgehead atoms. The van der Waals surface area contributed by atoms with Crippen molar-refractivity contribution in [1.82, 2.24) is 0 Å². The molecule has 3 N–H and O–H groups in total. The van der Waals surface area contributed by atoms with Gasteiger partial charge in [-0.2, -0.15) is 0 Å². The molecule has 2 nitrogen and oxygen atoms in total. The van der Waals surface area contributed by atoms with Crippen LogP contribution in [-0.2, 0) is 0 Å². The Bertz CT molecular complexity index is 117. The van der Waals surface area contributed by atoms with Crippen LogP contribution in [0.15, 0.2) is 0 Å². The maximum Gasteiger partial charge on any atom is 0.0665 e. The summed E-state index contributed by atoms with van der Waals surface area (Å²) in [5.41, 5.74) is 5.60. The van der Waals surface area contributed by atoms with Crippen molar-refractivity contribution in [3.63, 3.8) is 0 Å². The summed E-state index contributed by atoms with van der Waals surface area (Å²) in [6.07, 6.45) is 2.91. The lowest BCUT2D eigenvalue weighted by molar-refractivity contribution is -0.253. The Morgan fingerprint density at radius 3 is 1.89 bits per heavy atom. The molecular weight excluding hydrogens is 138 g/mol. The van der Waals surface area contributed by atoms with Gasteiger partial charge in [0.1, 0.15) is 0 Å². The van der Waals surface area contributed by atoms with Crippen LogP contribution in [0.3, 0.4) is 0 Å². The highest BCUT2D eigenvalue weighted by atomic mass is 35.5. The molecule has 0 aliphatic heterocycles. The summed E-state index contributed by atoms with van der Waals surface area (Å²) >= 11 is 0. The van der Waals surface area contributed by atoms with Gasteiger partial charge in [-0.3, -0.25) is 0 Å². The Morgan fingerprint density at radius 2 is 1.78 bits per heavy atom. The van der Waals surface area contributed by atoms with Crippen molar-refractivity contribution in [3.05, 3.63) is 0 Å². The minimum absolute atomic E-state index is 0. The van der Waals surface area contributed by atoms with Crippen molar-refractivity contribution in [2.24, 2.45) is 11.1 Å². The Balaban J connectivity index is 0.000000405. The maximum atomic E-state index is 9.22. The lowest BCUT2D eigenvalue weighted by Crippen LogP contribution is -2.69. The summed E-state index contributed by atoms with van der Waals surface area (Å²) in [6.45, 7) is 0.773. The van der Waals surface area contributed by atoms with Gasteiger partial charge >= 0.3 is 0 Å². The van der Waals surface area contributed by atoms with E-state index in [0.29, 0.717) is 5.41 Å². The van der Waals surface area contributed by atoms with Crippen molar-refractivity contribution in [2.75, 3.05) is 6.54 Å². The minimum Gasteiger partial charge on any atom is -0.390 e. The van der Waals surface area contributed by atoms with Crippen LogP contribution in [0.2, 0.25) is 0 Å². The molecule has 0 aromatic rings. The molecule has 3 fully saturated rings.